The van der Waals surface area contributed by atoms with Gasteiger partial charge in [-0.15, -0.1) is 0 Å². The van der Waals surface area contributed by atoms with Crippen LogP contribution < -0.4 is 10.6 Å². The van der Waals surface area contributed by atoms with Crippen LogP contribution in [-0.4, -0.2) is 35.7 Å². The van der Waals surface area contributed by atoms with Crippen LogP contribution in [0.5, 0.6) is 0 Å². The van der Waals surface area contributed by atoms with Crippen LogP contribution in [0.25, 0.3) is 11.1 Å². The molecule has 0 radical (unpaired) electrons. The highest BCUT2D eigenvalue weighted by Gasteiger charge is 2.29. The number of amides is 2. The number of benzene rings is 3. The van der Waals surface area contributed by atoms with Gasteiger partial charge in [0.2, 0.25) is 0 Å². The van der Waals surface area contributed by atoms with Crippen molar-refractivity contribution >= 4 is 23.7 Å². The molecule has 7 nitrogen and oxygen atoms in total. The molecule has 0 fully saturated rings. The van der Waals surface area contributed by atoms with Crippen LogP contribution in [0.1, 0.15) is 40.7 Å². The zero-order chi connectivity index (χ0) is 24.2. The summed E-state index contributed by atoms with van der Waals surface area (Å²) in [6.45, 7) is 1.57. The minimum atomic E-state index is -1.08. The van der Waals surface area contributed by atoms with Gasteiger partial charge in [0, 0.05) is 12.0 Å². The highest BCUT2D eigenvalue weighted by Crippen LogP contribution is 2.44. The molecular formula is C26H23FN2O5. The summed E-state index contributed by atoms with van der Waals surface area (Å²) in [5.74, 6) is -2.94. The maximum Gasteiger partial charge on any atom is 0.411 e. The second-order valence-corrected chi connectivity index (χ2v) is 8.09. The summed E-state index contributed by atoms with van der Waals surface area (Å²) in [5.41, 5.74) is 3.76. The molecule has 1 atom stereocenters. The first kappa shape index (κ1) is 23.0. The molecule has 0 saturated carbocycles. The van der Waals surface area contributed by atoms with E-state index in [4.69, 9.17) is 9.84 Å². The standard InChI is InChI=1S/C26H23FN2O5/c1-15(13-23(30)31)28-25(32)20-11-6-12-22(24(20)27)29-26(33)34-14-21-18-9-4-2-7-16(18)17-8-3-5-10-19(17)21/h2-12,15,21H,13-14H2,1H3,(H,28,32)(H,29,33)(H,30,31)/t15-/m1/s1. The third kappa shape index (κ3) is 4.76. The van der Waals surface area contributed by atoms with Crippen LogP contribution in [0, 0.1) is 5.82 Å². The molecule has 0 unspecified atom stereocenters. The first-order valence-corrected chi connectivity index (χ1v) is 10.8. The molecule has 8 heteroatoms. The topological polar surface area (TPSA) is 105 Å². The molecule has 1 aliphatic rings. The van der Waals surface area contributed by atoms with Crippen molar-refractivity contribution < 1.29 is 28.6 Å². The Balaban J connectivity index is 1.43. The van der Waals surface area contributed by atoms with Gasteiger partial charge < -0.3 is 15.2 Å². The maximum absolute atomic E-state index is 14.9. The van der Waals surface area contributed by atoms with Crippen molar-refractivity contribution in [3.05, 3.63) is 89.2 Å². The number of halogens is 1. The largest absolute Gasteiger partial charge is 0.481 e. The molecule has 3 N–H and O–H groups in total. The number of hydrogen-bond acceptors (Lipinski definition) is 4. The Labute approximate surface area is 195 Å². The Morgan fingerprint density at radius 2 is 1.59 bits per heavy atom. The van der Waals surface area contributed by atoms with Gasteiger partial charge in [0.1, 0.15) is 6.61 Å². The fourth-order valence-corrected chi connectivity index (χ4v) is 4.16. The number of ether oxygens (including phenoxy) is 1. The fourth-order valence-electron chi connectivity index (χ4n) is 4.16. The first-order valence-electron chi connectivity index (χ1n) is 10.8. The van der Waals surface area contributed by atoms with Gasteiger partial charge in [-0.05, 0) is 41.3 Å². The summed E-state index contributed by atoms with van der Waals surface area (Å²) in [4.78, 5) is 35.6. The Morgan fingerprint density at radius 3 is 2.21 bits per heavy atom. The third-order valence-corrected chi connectivity index (χ3v) is 5.68. The zero-order valence-electron chi connectivity index (χ0n) is 18.4. The summed E-state index contributed by atoms with van der Waals surface area (Å²) in [6.07, 6.45) is -1.15. The molecule has 0 aliphatic heterocycles. The lowest BCUT2D eigenvalue weighted by Gasteiger charge is -2.16. The number of fused-ring (bicyclic) bond motifs is 3. The van der Waals surface area contributed by atoms with Crippen LogP contribution in [0.15, 0.2) is 66.7 Å². The Morgan fingerprint density at radius 1 is 0.971 bits per heavy atom. The van der Waals surface area contributed by atoms with Crippen molar-refractivity contribution in [3.63, 3.8) is 0 Å². The Hall–Kier alpha value is -4.20. The monoisotopic (exact) mass is 462 g/mol. The van der Waals surface area contributed by atoms with Crippen LogP contribution in [0.3, 0.4) is 0 Å². The van der Waals surface area contributed by atoms with E-state index in [1.165, 1.54) is 25.1 Å². The summed E-state index contributed by atoms with van der Waals surface area (Å²) in [6, 6.07) is 19.1. The van der Waals surface area contributed by atoms with Gasteiger partial charge in [0.15, 0.2) is 5.82 Å². The molecule has 0 heterocycles. The van der Waals surface area contributed by atoms with Crippen molar-refractivity contribution in [1.82, 2.24) is 5.32 Å². The molecule has 4 rings (SSSR count). The van der Waals surface area contributed by atoms with Crippen molar-refractivity contribution in [1.29, 1.82) is 0 Å². The van der Waals surface area contributed by atoms with Gasteiger partial charge in [-0.3, -0.25) is 14.9 Å². The normalized spacial score (nSPS) is 12.9. The third-order valence-electron chi connectivity index (χ3n) is 5.68. The van der Waals surface area contributed by atoms with E-state index >= 15 is 0 Å². The van der Waals surface area contributed by atoms with E-state index in [0.29, 0.717) is 0 Å². The molecule has 0 aromatic heterocycles. The molecule has 3 aromatic rings. The van der Waals surface area contributed by atoms with Gasteiger partial charge >= 0.3 is 12.1 Å². The predicted molar refractivity (Wildman–Crippen MR) is 124 cm³/mol. The number of carboxylic acid groups (broad SMARTS) is 1. The number of carboxylic acids is 1. The number of rotatable bonds is 7. The molecule has 0 saturated heterocycles. The average molecular weight is 462 g/mol. The number of carbonyl (C=O) groups is 3. The van der Waals surface area contributed by atoms with Crippen LogP contribution in [0.4, 0.5) is 14.9 Å². The SMILES string of the molecule is C[C@H](CC(=O)O)NC(=O)c1cccc(NC(=O)OCC2c3ccccc3-c3ccccc32)c1F. The predicted octanol–water partition coefficient (Wildman–Crippen LogP) is 4.78. The van der Waals surface area contributed by atoms with Crippen molar-refractivity contribution in [3.8, 4) is 11.1 Å². The average Bonchev–Trinajstić information content (AvgIpc) is 3.12. The number of nitrogens with one attached hydrogen (secondary N) is 2. The van der Waals surface area contributed by atoms with Gasteiger partial charge in [-0.1, -0.05) is 54.6 Å². The Kier molecular flexibility index (Phi) is 6.58. The molecule has 174 valence electrons. The molecule has 0 spiro atoms. The van der Waals surface area contributed by atoms with E-state index in [-0.39, 0.29) is 30.2 Å². The molecule has 3 aromatic carbocycles. The number of hydrogen-bond donors (Lipinski definition) is 3. The summed E-state index contributed by atoms with van der Waals surface area (Å²) in [5, 5.41) is 13.6. The summed E-state index contributed by atoms with van der Waals surface area (Å²) >= 11 is 0. The van der Waals surface area contributed by atoms with Crippen molar-refractivity contribution in [2.45, 2.75) is 25.3 Å². The molecule has 1 aliphatic carbocycles. The van der Waals surface area contributed by atoms with Crippen LogP contribution in [0.2, 0.25) is 0 Å². The summed E-state index contributed by atoms with van der Waals surface area (Å²) in [7, 11) is 0. The minimum absolute atomic E-state index is 0.0638. The van der Waals surface area contributed by atoms with E-state index in [1.807, 2.05) is 48.5 Å². The number of carbonyl (C=O) groups excluding carboxylic acids is 2. The van der Waals surface area contributed by atoms with Gasteiger partial charge in [-0.25, -0.2) is 9.18 Å². The zero-order valence-corrected chi connectivity index (χ0v) is 18.4. The highest BCUT2D eigenvalue weighted by molar-refractivity contribution is 5.97. The van der Waals surface area contributed by atoms with E-state index in [1.54, 1.807) is 0 Å². The van der Waals surface area contributed by atoms with Gasteiger partial charge in [0.05, 0.1) is 17.7 Å². The lowest BCUT2D eigenvalue weighted by atomic mass is 9.98. The van der Waals surface area contributed by atoms with Gasteiger partial charge in [-0.2, -0.15) is 0 Å². The first-order chi connectivity index (χ1) is 16.3. The molecular weight excluding hydrogens is 439 g/mol. The van der Waals surface area contributed by atoms with Crippen molar-refractivity contribution in [2.24, 2.45) is 0 Å². The lowest BCUT2D eigenvalue weighted by molar-refractivity contribution is -0.137. The highest BCUT2D eigenvalue weighted by atomic mass is 19.1. The van der Waals surface area contributed by atoms with E-state index in [9.17, 15) is 18.8 Å². The quantitative estimate of drug-likeness (QED) is 0.469. The van der Waals surface area contributed by atoms with Crippen LogP contribution >= 0.6 is 0 Å². The van der Waals surface area contributed by atoms with E-state index in [2.05, 4.69) is 10.6 Å². The lowest BCUT2D eigenvalue weighted by Crippen LogP contribution is -2.34. The maximum atomic E-state index is 14.9. The van der Waals surface area contributed by atoms with Crippen LogP contribution in [-0.2, 0) is 9.53 Å². The molecule has 0 bridgehead atoms. The number of anilines is 1. The number of aliphatic carboxylic acids is 1. The smallest absolute Gasteiger partial charge is 0.411 e. The second kappa shape index (κ2) is 9.74. The minimum Gasteiger partial charge on any atom is -0.481 e. The molecule has 34 heavy (non-hydrogen) atoms. The second-order valence-electron chi connectivity index (χ2n) is 8.09. The van der Waals surface area contributed by atoms with Crippen molar-refractivity contribution in [2.75, 3.05) is 11.9 Å². The van der Waals surface area contributed by atoms with E-state index < -0.39 is 29.8 Å². The molecule has 2 amide bonds. The van der Waals surface area contributed by atoms with Gasteiger partial charge in [0.25, 0.3) is 5.91 Å². The fraction of sp³-hybridized carbons (Fsp3) is 0.192. The van der Waals surface area contributed by atoms with E-state index in [0.717, 1.165) is 22.3 Å². The summed E-state index contributed by atoms with van der Waals surface area (Å²) < 4.78 is 20.3. The Bertz CT molecular complexity index is 1210.